The van der Waals surface area contributed by atoms with Gasteiger partial charge in [0.25, 0.3) is 0 Å². The molecule has 0 radical (unpaired) electrons. The van der Waals surface area contributed by atoms with Crippen LogP contribution in [0.2, 0.25) is 5.28 Å². The molecule has 1 fully saturated rings. The zero-order chi connectivity index (χ0) is 11.1. The molecule has 1 heterocycles. The number of rotatable bonds is 3. The van der Waals surface area contributed by atoms with Crippen molar-refractivity contribution in [2.45, 2.75) is 24.5 Å². The normalized spacial score (nSPS) is 18.5. The average Bonchev–Trinajstić information content (AvgIpc) is 2.84. The lowest BCUT2D eigenvalue weighted by atomic mass is 10.5. The summed E-state index contributed by atoms with van der Waals surface area (Å²) in [6.07, 6.45) is 2.77. The van der Waals surface area contributed by atoms with Crippen molar-refractivity contribution in [2.24, 2.45) is 0 Å². The summed E-state index contributed by atoms with van der Waals surface area (Å²) in [5, 5.41) is 0.0242. The van der Waals surface area contributed by atoms with Crippen LogP contribution in [-0.4, -0.2) is 23.1 Å². The molecule has 0 spiro atoms. The predicted octanol–water partition coefficient (Wildman–Crippen LogP) is 1.42. The molecule has 1 saturated carbocycles. The minimum atomic E-state index is -3.36. The summed E-state index contributed by atoms with van der Waals surface area (Å²) in [4.78, 5) is 7.43. The van der Waals surface area contributed by atoms with Gasteiger partial charge in [-0.05, 0) is 37.4 Å². The van der Waals surface area contributed by atoms with E-state index in [1.165, 1.54) is 12.3 Å². The van der Waals surface area contributed by atoms with Gasteiger partial charge >= 0.3 is 0 Å². The van der Waals surface area contributed by atoms with E-state index in [0.29, 0.717) is 12.8 Å². The third kappa shape index (κ3) is 2.05. The maximum Gasteiger partial charge on any atom is 0.239 e. The van der Waals surface area contributed by atoms with Crippen LogP contribution < -0.4 is 4.72 Å². The monoisotopic (exact) mass is 247 g/mol. The molecule has 2 rings (SSSR count). The lowest BCUT2D eigenvalue weighted by Crippen LogP contribution is -2.27. The quantitative estimate of drug-likeness (QED) is 0.820. The first kappa shape index (κ1) is 10.6. The van der Waals surface area contributed by atoms with Gasteiger partial charge in [-0.2, -0.15) is 4.98 Å². The highest BCUT2D eigenvalue weighted by molar-refractivity contribution is 7.94. The first-order chi connectivity index (χ1) is 6.93. The van der Waals surface area contributed by atoms with E-state index in [4.69, 9.17) is 11.6 Å². The van der Waals surface area contributed by atoms with Crippen LogP contribution in [0, 0.1) is 0 Å². The summed E-state index contributed by atoms with van der Waals surface area (Å²) in [7, 11) is -3.36. The first-order valence-electron chi connectivity index (χ1n) is 4.44. The van der Waals surface area contributed by atoms with Gasteiger partial charge in [-0.1, -0.05) is 0 Å². The van der Waals surface area contributed by atoms with Crippen LogP contribution in [0.1, 0.15) is 19.8 Å². The lowest BCUT2D eigenvalue weighted by Gasteiger charge is -2.11. The molecule has 1 aliphatic rings. The van der Waals surface area contributed by atoms with Gasteiger partial charge in [-0.3, -0.25) is 4.72 Å². The van der Waals surface area contributed by atoms with E-state index < -0.39 is 14.8 Å². The van der Waals surface area contributed by atoms with E-state index in [-0.39, 0.29) is 11.1 Å². The molecule has 82 valence electrons. The molecule has 1 aromatic rings. The highest BCUT2D eigenvalue weighted by Gasteiger charge is 2.50. The van der Waals surface area contributed by atoms with Gasteiger partial charge in [0.2, 0.25) is 15.3 Å². The molecule has 0 atom stereocenters. The van der Waals surface area contributed by atoms with Gasteiger partial charge in [-0.15, -0.1) is 0 Å². The Bertz CT molecular complexity index is 484. The third-order valence-corrected chi connectivity index (χ3v) is 4.83. The van der Waals surface area contributed by atoms with Gasteiger partial charge in [0, 0.05) is 6.20 Å². The third-order valence-electron chi connectivity index (χ3n) is 2.47. The molecular weight excluding hydrogens is 238 g/mol. The standard InChI is InChI=1S/C8H10ClN3O2S/c1-8(3-4-8)15(13,14)12-6-2-5-10-7(9)11-6/h2,5H,3-4H2,1H3,(H,10,11,12). The van der Waals surface area contributed by atoms with Crippen molar-refractivity contribution in [3.8, 4) is 0 Å². The summed E-state index contributed by atoms with van der Waals surface area (Å²) < 4.78 is 25.3. The van der Waals surface area contributed by atoms with E-state index in [2.05, 4.69) is 14.7 Å². The van der Waals surface area contributed by atoms with Gasteiger partial charge in [-0.25, -0.2) is 13.4 Å². The molecule has 0 amide bonds. The van der Waals surface area contributed by atoms with Crippen LogP contribution >= 0.6 is 11.6 Å². The number of nitrogens with zero attached hydrogens (tertiary/aromatic N) is 2. The summed E-state index contributed by atoms with van der Waals surface area (Å²) in [6.45, 7) is 1.71. The topological polar surface area (TPSA) is 72.0 Å². The maximum absolute atomic E-state index is 11.8. The molecule has 1 N–H and O–H groups in total. The number of hydrogen-bond donors (Lipinski definition) is 1. The van der Waals surface area contributed by atoms with Crippen molar-refractivity contribution >= 4 is 27.4 Å². The average molecular weight is 248 g/mol. The second-order valence-corrected chi connectivity index (χ2v) is 6.30. The summed E-state index contributed by atoms with van der Waals surface area (Å²) >= 11 is 5.55. The zero-order valence-corrected chi connectivity index (χ0v) is 9.64. The fourth-order valence-corrected chi connectivity index (χ4v) is 2.52. The maximum atomic E-state index is 11.8. The van der Waals surface area contributed by atoms with Crippen molar-refractivity contribution in [1.82, 2.24) is 9.97 Å². The summed E-state index contributed by atoms with van der Waals surface area (Å²) in [6, 6.07) is 1.47. The Labute approximate surface area is 92.9 Å². The molecule has 0 bridgehead atoms. The summed E-state index contributed by atoms with van der Waals surface area (Å²) in [5.74, 6) is 0.211. The van der Waals surface area contributed by atoms with E-state index in [1.807, 2.05) is 0 Å². The van der Waals surface area contributed by atoms with Gasteiger partial charge < -0.3 is 0 Å². The molecule has 1 aliphatic carbocycles. The molecule has 7 heteroatoms. The number of hydrogen-bond acceptors (Lipinski definition) is 4. The predicted molar refractivity (Wildman–Crippen MR) is 57.2 cm³/mol. The Kier molecular flexibility index (Phi) is 2.35. The van der Waals surface area contributed by atoms with Crippen molar-refractivity contribution in [3.05, 3.63) is 17.5 Å². The minimum Gasteiger partial charge on any atom is -0.267 e. The fourth-order valence-electron chi connectivity index (χ4n) is 1.10. The van der Waals surface area contributed by atoms with Gasteiger partial charge in [0.05, 0.1) is 4.75 Å². The zero-order valence-electron chi connectivity index (χ0n) is 8.07. The SMILES string of the molecule is CC1(S(=O)(=O)Nc2ccnc(Cl)n2)CC1. The molecule has 15 heavy (non-hydrogen) atoms. The van der Waals surface area contributed by atoms with Gasteiger partial charge in [0.15, 0.2) is 0 Å². The molecule has 5 nitrogen and oxygen atoms in total. The fraction of sp³-hybridized carbons (Fsp3) is 0.500. The second kappa shape index (κ2) is 3.31. The van der Waals surface area contributed by atoms with Gasteiger partial charge in [0.1, 0.15) is 5.82 Å². The van der Waals surface area contributed by atoms with Crippen molar-refractivity contribution in [2.75, 3.05) is 4.72 Å². The Morgan fingerprint density at radius 3 is 2.73 bits per heavy atom. The van der Waals surface area contributed by atoms with Crippen LogP contribution in [0.4, 0.5) is 5.82 Å². The van der Waals surface area contributed by atoms with Crippen molar-refractivity contribution in [3.63, 3.8) is 0 Å². The summed E-state index contributed by atoms with van der Waals surface area (Å²) in [5.41, 5.74) is 0. The Hall–Kier alpha value is -0.880. The Morgan fingerprint density at radius 1 is 1.53 bits per heavy atom. The number of sulfonamides is 1. The Balaban J connectivity index is 2.22. The number of anilines is 1. The van der Waals surface area contributed by atoms with Crippen LogP contribution in [0.15, 0.2) is 12.3 Å². The van der Waals surface area contributed by atoms with Crippen molar-refractivity contribution in [1.29, 1.82) is 0 Å². The lowest BCUT2D eigenvalue weighted by molar-refractivity contribution is 0.587. The highest BCUT2D eigenvalue weighted by Crippen LogP contribution is 2.43. The Morgan fingerprint density at radius 2 is 2.20 bits per heavy atom. The van der Waals surface area contributed by atoms with E-state index in [0.717, 1.165) is 0 Å². The number of aromatic nitrogens is 2. The highest BCUT2D eigenvalue weighted by atomic mass is 35.5. The van der Waals surface area contributed by atoms with Crippen LogP contribution in [0.25, 0.3) is 0 Å². The number of halogens is 1. The smallest absolute Gasteiger partial charge is 0.239 e. The minimum absolute atomic E-state index is 0.0242. The number of nitrogens with one attached hydrogen (secondary N) is 1. The van der Waals surface area contributed by atoms with E-state index >= 15 is 0 Å². The molecule has 0 aliphatic heterocycles. The van der Waals surface area contributed by atoms with E-state index in [9.17, 15) is 8.42 Å². The van der Waals surface area contributed by atoms with Crippen molar-refractivity contribution < 1.29 is 8.42 Å². The van der Waals surface area contributed by atoms with Crippen LogP contribution in [-0.2, 0) is 10.0 Å². The second-order valence-electron chi connectivity index (χ2n) is 3.77. The molecule has 0 aromatic carbocycles. The molecular formula is C8H10ClN3O2S. The first-order valence-corrected chi connectivity index (χ1v) is 6.30. The van der Waals surface area contributed by atoms with Crippen LogP contribution in [0.3, 0.4) is 0 Å². The van der Waals surface area contributed by atoms with Crippen LogP contribution in [0.5, 0.6) is 0 Å². The molecule has 1 aromatic heterocycles. The van der Waals surface area contributed by atoms with E-state index in [1.54, 1.807) is 6.92 Å². The largest absolute Gasteiger partial charge is 0.267 e. The molecule has 0 saturated heterocycles. The molecule has 0 unspecified atom stereocenters.